The molecule has 0 aliphatic carbocycles. The van der Waals surface area contributed by atoms with Gasteiger partial charge in [-0.25, -0.2) is 0 Å². The van der Waals surface area contributed by atoms with Crippen molar-refractivity contribution in [3.8, 4) is 5.75 Å². The SMILES string of the molecule is COc1cc2c(cc1CC(=O)CCCOCCOCCOCCCN)oc1ccccc12. The largest absolute Gasteiger partial charge is 0.496 e. The highest BCUT2D eigenvalue weighted by atomic mass is 16.5. The smallest absolute Gasteiger partial charge is 0.137 e. The molecule has 0 amide bonds. The summed E-state index contributed by atoms with van der Waals surface area (Å²) in [6.45, 7) is 3.98. The molecule has 7 heteroatoms. The van der Waals surface area contributed by atoms with Crippen LogP contribution in [0.2, 0.25) is 0 Å². The van der Waals surface area contributed by atoms with Crippen molar-refractivity contribution in [2.75, 3.05) is 53.3 Å². The third-order valence-corrected chi connectivity index (χ3v) is 5.15. The van der Waals surface area contributed by atoms with Gasteiger partial charge in [-0.15, -0.1) is 0 Å². The molecule has 0 aliphatic heterocycles. The molecule has 3 aromatic rings. The number of rotatable bonds is 16. The maximum absolute atomic E-state index is 12.5. The lowest BCUT2D eigenvalue weighted by atomic mass is 10.0. The third kappa shape index (κ3) is 7.03. The Morgan fingerprint density at radius 2 is 1.56 bits per heavy atom. The van der Waals surface area contributed by atoms with Gasteiger partial charge >= 0.3 is 0 Å². The highest BCUT2D eigenvalue weighted by Gasteiger charge is 2.14. The zero-order chi connectivity index (χ0) is 22.6. The molecule has 0 radical (unpaired) electrons. The summed E-state index contributed by atoms with van der Waals surface area (Å²) in [5.41, 5.74) is 7.83. The maximum atomic E-state index is 12.5. The highest BCUT2D eigenvalue weighted by Crippen LogP contribution is 2.34. The van der Waals surface area contributed by atoms with Crippen LogP contribution in [-0.4, -0.2) is 59.1 Å². The van der Waals surface area contributed by atoms with Crippen molar-refractivity contribution in [1.82, 2.24) is 0 Å². The van der Waals surface area contributed by atoms with Gasteiger partial charge in [0.05, 0.1) is 33.5 Å². The second kappa shape index (κ2) is 13.2. The molecular formula is C25H33NO6. The maximum Gasteiger partial charge on any atom is 0.137 e. The number of carbonyl (C=O) groups is 1. The number of Topliss-reactive ketones (excluding diaryl/α,β-unsaturated/α-hetero) is 1. The van der Waals surface area contributed by atoms with Gasteiger partial charge in [-0.3, -0.25) is 4.79 Å². The van der Waals surface area contributed by atoms with Crippen LogP contribution >= 0.6 is 0 Å². The predicted octanol–water partition coefficient (Wildman–Crippen LogP) is 3.89. The van der Waals surface area contributed by atoms with Crippen LogP contribution in [0.15, 0.2) is 40.8 Å². The molecule has 174 valence electrons. The van der Waals surface area contributed by atoms with Gasteiger partial charge in [0.25, 0.3) is 0 Å². The zero-order valence-electron chi connectivity index (χ0n) is 18.8. The summed E-state index contributed by atoms with van der Waals surface area (Å²) in [4.78, 5) is 12.5. The number of benzene rings is 2. The van der Waals surface area contributed by atoms with Crippen LogP contribution in [0.4, 0.5) is 0 Å². The minimum atomic E-state index is 0.147. The second-order valence-corrected chi connectivity index (χ2v) is 7.56. The topological polar surface area (TPSA) is 93.2 Å². The summed E-state index contributed by atoms with van der Waals surface area (Å²) in [7, 11) is 1.62. The lowest BCUT2D eigenvalue weighted by molar-refractivity contribution is -0.118. The minimum Gasteiger partial charge on any atom is -0.496 e. The molecule has 1 aromatic heterocycles. The van der Waals surface area contributed by atoms with Crippen molar-refractivity contribution in [2.45, 2.75) is 25.7 Å². The van der Waals surface area contributed by atoms with Crippen molar-refractivity contribution in [3.05, 3.63) is 42.0 Å². The normalized spacial score (nSPS) is 11.4. The minimum absolute atomic E-state index is 0.147. The number of para-hydroxylation sites is 1. The molecule has 2 aromatic carbocycles. The van der Waals surface area contributed by atoms with Gasteiger partial charge in [0.1, 0.15) is 22.7 Å². The lowest BCUT2D eigenvalue weighted by Crippen LogP contribution is -2.12. The van der Waals surface area contributed by atoms with Crippen molar-refractivity contribution in [2.24, 2.45) is 5.73 Å². The number of nitrogens with two attached hydrogens (primary N) is 1. The van der Waals surface area contributed by atoms with Crippen molar-refractivity contribution in [1.29, 1.82) is 0 Å². The van der Waals surface area contributed by atoms with Crippen LogP contribution in [0.1, 0.15) is 24.8 Å². The average molecular weight is 444 g/mol. The molecule has 2 N–H and O–H groups in total. The van der Waals surface area contributed by atoms with Crippen molar-refractivity contribution in [3.63, 3.8) is 0 Å². The van der Waals surface area contributed by atoms with Crippen LogP contribution in [0.3, 0.4) is 0 Å². The number of ketones is 1. The number of ether oxygens (including phenoxy) is 4. The van der Waals surface area contributed by atoms with Gasteiger partial charge in [-0.2, -0.15) is 0 Å². The fraction of sp³-hybridized carbons (Fsp3) is 0.480. The summed E-state index contributed by atoms with van der Waals surface area (Å²) in [5, 5.41) is 2.03. The monoisotopic (exact) mass is 443 g/mol. The summed E-state index contributed by atoms with van der Waals surface area (Å²) in [6, 6.07) is 11.8. The summed E-state index contributed by atoms with van der Waals surface area (Å²) in [6.07, 6.45) is 2.31. The quantitative estimate of drug-likeness (QED) is 0.336. The highest BCUT2D eigenvalue weighted by molar-refractivity contribution is 6.05. The summed E-state index contributed by atoms with van der Waals surface area (Å²) in [5.74, 6) is 0.853. The predicted molar refractivity (Wildman–Crippen MR) is 124 cm³/mol. The fourth-order valence-electron chi connectivity index (χ4n) is 3.52. The van der Waals surface area contributed by atoms with Crippen LogP contribution in [0, 0.1) is 0 Å². The van der Waals surface area contributed by atoms with E-state index in [1.807, 2.05) is 36.4 Å². The van der Waals surface area contributed by atoms with Gasteiger partial charge in [-0.05, 0) is 37.6 Å². The zero-order valence-corrected chi connectivity index (χ0v) is 18.8. The Hall–Kier alpha value is -2.45. The van der Waals surface area contributed by atoms with E-state index in [0.29, 0.717) is 71.2 Å². The molecule has 0 saturated heterocycles. The average Bonchev–Trinajstić information content (AvgIpc) is 3.16. The van der Waals surface area contributed by atoms with Crippen molar-refractivity contribution < 1.29 is 28.2 Å². The molecule has 0 fully saturated rings. The Labute approximate surface area is 188 Å². The molecule has 0 unspecified atom stereocenters. The van der Waals surface area contributed by atoms with E-state index in [0.717, 1.165) is 33.9 Å². The van der Waals surface area contributed by atoms with Gasteiger partial charge in [0.2, 0.25) is 0 Å². The molecule has 0 saturated carbocycles. The first-order valence-electron chi connectivity index (χ1n) is 11.2. The van der Waals surface area contributed by atoms with Crippen LogP contribution in [-0.2, 0) is 25.4 Å². The lowest BCUT2D eigenvalue weighted by Gasteiger charge is -2.09. The van der Waals surface area contributed by atoms with E-state index in [1.54, 1.807) is 7.11 Å². The van der Waals surface area contributed by atoms with Gasteiger partial charge < -0.3 is 29.1 Å². The summed E-state index contributed by atoms with van der Waals surface area (Å²) < 4.78 is 27.8. The Bertz CT molecular complexity index is 983. The number of methoxy groups -OCH3 is 1. The number of hydrogen-bond acceptors (Lipinski definition) is 7. The van der Waals surface area contributed by atoms with Gasteiger partial charge in [-0.1, -0.05) is 18.2 Å². The number of furan rings is 1. The van der Waals surface area contributed by atoms with Crippen LogP contribution in [0.5, 0.6) is 5.75 Å². The Morgan fingerprint density at radius 1 is 0.875 bits per heavy atom. The summed E-state index contributed by atoms with van der Waals surface area (Å²) >= 11 is 0. The molecule has 0 bridgehead atoms. The van der Waals surface area contributed by atoms with E-state index in [1.165, 1.54) is 0 Å². The Morgan fingerprint density at radius 3 is 2.28 bits per heavy atom. The van der Waals surface area contributed by atoms with E-state index >= 15 is 0 Å². The van der Waals surface area contributed by atoms with Crippen LogP contribution in [0.25, 0.3) is 21.9 Å². The van der Waals surface area contributed by atoms with Crippen LogP contribution < -0.4 is 10.5 Å². The molecule has 7 nitrogen and oxygen atoms in total. The van der Waals surface area contributed by atoms with Crippen molar-refractivity contribution >= 4 is 27.7 Å². The number of fused-ring (bicyclic) bond motifs is 3. The van der Waals surface area contributed by atoms with E-state index in [4.69, 9.17) is 29.1 Å². The Kier molecular flexibility index (Phi) is 9.97. The van der Waals surface area contributed by atoms with E-state index in [9.17, 15) is 4.79 Å². The van der Waals surface area contributed by atoms with E-state index in [-0.39, 0.29) is 5.78 Å². The molecule has 3 rings (SSSR count). The Balaban J connectivity index is 1.36. The molecule has 0 spiro atoms. The van der Waals surface area contributed by atoms with E-state index in [2.05, 4.69) is 0 Å². The first kappa shape index (κ1) is 24.2. The van der Waals surface area contributed by atoms with Gasteiger partial charge in [0, 0.05) is 42.4 Å². The molecule has 0 aliphatic rings. The number of hydrogen-bond donors (Lipinski definition) is 1. The van der Waals surface area contributed by atoms with E-state index < -0.39 is 0 Å². The van der Waals surface area contributed by atoms with Gasteiger partial charge in [0.15, 0.2) is 0 Å². The second-order valence-electron chi connectivity index (χ2n) is 7.56. The third-order valence-electron chi connectivity index (χ3n) is 5.15. The first-order chi connectivity index (χ1) is 15.7. The fourth-order valence-corrected chi connectivity index (χ4v) is 3.52. The molecule has 0 atom stereocenters. The molecule has 1 heterocycles. The molecule has 32 heavy (non-hydrogen) atoms. The first-order valence-corrected chi connectivity index (χ1v) is 11.2. The molecular weight excluding hydrogens is 410 g/mol. The number of carbonyl (C=O) groups excluding carboxylic acids is 1. The standard InChI is InChI=1S/C25H33NO6/c1-28-24-18-22-21-7-2-3-8-23(21)32-25(22)17-19(24)16-20(27)6-4-10-29-12-14-31-15-13-30-11-5-9-26/h2-3,7-8,17-18H,4-6,9-16,26H2,1H3.